The van der Waals surface area contributed by atoms with E-state index in [0.29, 0.717) is 11.9 Å². The Bertz CT molecular complexity index is 614. The lowest BCUT2D eigenvalue weighted by molar-refractivity contribution is -0.671. The van der Waals surface area contributed by atoms with Crippen molar-refractivity contribution in [3.63, 3.8) is 0 Å². The first-order valence-electron chi connectivity index (χ1n) is 8.34. The van der Waals surface area contributed by atoms with Gasteiger partial charge in [-0.1, -0.05) is 0 Å². The average molecular weight is 314 g/mol. The van der Waals surface area contributed by atoms with E-state index >= 15 is 0 Å². The second-order valence-corrected chi connectivity index (χ2v) is 6.04. The Balaban J connectivity index is 1.55. The Labute approximate surface area is 136 Å². The predicted molar refractivity (Wildman–Crippen MR) is 86.7 cm³/mol. The second kappa shape index (κ2) is 8.08. The fourth-order valence-electron chi connectivity index (χ4n) is 2.94. The third-order valence-electron chi connectivity index (χ3n) is 4.12. The van der Waals surface area contributed by atoms with E-state index in [4.69, 9.17) is 4.74 Å². The van der Waals surface area contributed by atoms with Crippen LogP contribution in [0.3, 0.4) is 0 Å². The highest BCUT2D eigenvalue weighted by atomic mass is 16.5. The van der Waals surface area contributed by atoms with Gasteiger partial charge in [-0.25, -0.2) is 9.97 Å². The molecule has 122 valence electrons. The lowest BCUT2D eigenvalue weighted by atomic mass is 10.1. The van der Waals surface area contributed by atoms with Crippen LogP contribution in [0.2, 0.25) is 0 Å². The molecule has 0 aliphatic carbocycles. The standard InChI is InChI=1S/C17H23N5O/c1-13-11-14(5-3-10-23-12-15-6-2-7-18-15)16(22-21-13)17-19-8-4-9-20-17/h4,8-9,11,15,18H,2-3,5-7,10,12H2,1H3/p+1. The Morgan fingerprint density at radius 3 is 2.91 bits per heavy atom. The summed E-state index contributed by atoms with van der Waals surface area (Å²) in [5.41, 5.74) is 2.83. The van der Waals surface area contributed by atoms with Crippen molar-refractivity contribution in [2.24, 2.45) is 0 Å². The largest absolute Gasteiger partial charge is 0.375 e. The van der Waals surface area contributed by atoms with Crippen molar-refractivity contribution >= 4 is 0 Å². The summed E-state index contributed by atoms with van der Waals surface area (Å²) >= 11 is 0. The summed E-state index contributed by atoms with van der Waals surface area (Å²) in [7, 11) is 0. The number of aryl methyl sites for hydroxylation is 2. The fraction of sp³-hybridized carbons (Fsp3) is 0.529. The van der Waals surface area contributed by atoms with E-state index < -0.39 is 0 Å². The van der Waals surface area contributed by atoms with Crippen LogP contribution >= 0.6 is 0 Å². The zero-order valence-corrected chi connectivity index (χ0v) is 13.6. The number of hydrogen-bond acceptors (Lipinski definition) is 5. The molecule has 6 nitrogen and oxygen atoms in total. The number of quaternary nitrogens is 1. The average Bonchev–Trinajstić information content (AvgIpc) is 3.09. The highest BCUT2D eigenvalue weighted by Crippen LogP contribution is 2.18. The van der Waals surface area contributed by atoms with Gasteiger partial charge in [0.05, 0.1) is 18.8 Å². The lowest BCUT2D eigenvalue weighted by Crippen LogP contribution is -2.87. The van der Waals surface area contributed by atoms with E-state index in [0.717, 1.165) is 43.0 Å². The van der Waals surface area contributed by atoms with Crippen LogP contribution in [0.5, 0.6) is 0 Å². The first-order valence-corrected chi connectivity index (χ1v) is 8.34. The summed E-state index contributed by atoms with van der Waals surface area (Å²) in [5.74, 6) is 0.636. The lowest BCUT2D eigenvalue weighted by Gasteiger charge is -2.10. The number of rotatable bonds is 7. The molecule has 0 radical (unpaired) electrons. The van der Waals surface area contributed by atoms with Crippen molar-refractivity contribution < 1.29 is 10.1 Å². The molecule has 2 N–H and O–H groups in total. The zero-order chi connectivity index (χ0) is 15.9. The van der Waals surface area contributed by atoms with Crippen LogP contribution in [0.1, 0.15) is 30.5 Å². The highest BCUT2D eigenvalue weighted by Gasteiger charge is 2.17. The number of nitrogens with two attached hydrogens (primary N) is 1. The molecule has 1 aliphatic heterocycles. The molecule has 1 atom stereocenters. The Kier molecular flexibility index (Phi) is 5.60. The molecule has 6 heteroatoms. The molecular weight excluding hydrogens is 290 g/mol. The van der Waals surface area contributed by atoms with E-state index in [1.807, 2.05) is 6.92 Å². The number of aromatic nitrogens is 4. The van der Waals surface area contributed by atoms with Crippen LogP contribution in [0.4, 0.5) is 0 Å². The molecule has 23 heavy (non-hydrogen) atoms. The molecule has 0 spiro atoms. The summed E-state index contributed by atoms with van der Waals surface area (Å²) < 4.78 is 5.82. The number of nitrogens with zero attached hydrogens (tertiary/aromatic N) is 4. The van der Waals surface area contributed by atoms with E-state index in [1.165, 1.54) is 19.4 Å². The molecule has 0 saturated carbocycles. The van der Waals surface area contributed by atoms with Gasteiger partial charge in [-0.15, -0.1) is 5.10 Å². The molecule has 0 amide bonds. The molecule has 1 saturated heterocycles. The highest BCUT2D eigenvalue weighted by molar-refractivity contribution is 5.53. The molecule has 1 unspecified atom stereocenters. The number of hydrogen-bond donors (Lipinski definition) is 1. The SMILES string of the molecule is Cc1cc(CCCOCC2CCC[NH2+]2)c(-c2ncccn2)nn1. The summed E-state index contributed by atoms with van der Waals surface area (Å²) in [6.45, 7) is 4.85. The van der Waals surface area contributed by atoms with Gasteiger partial charge in [0, 0.05) is 31.8 Å². The van der Waals surface area contributed by atoms with Gasteiger partial charge >= 0.3 is 0 Å². The molecule has 1 fully saturated rings. The molecule has 2 aromatic heterocycles. The van der Waals surface area contributed by atoms with Crippen LogP contribution in [-0.2, 0) is 11.2 Å². The van der Waals surface area contributed by atoms with Crippen molar-refractivity contribution in [1.29, 1.82) is 0 Å². The maximum atomic E-state index is 5.82. The third kappa shape index (κ3) is 4.53. The van der Waals surface area contributed by atoms with Crippen molar-refractivity contribution in [2.75, 3.05) is 19.8 Å². The van der Waals surface area contributed by atoms with Crippen molar-refractivity contribution in [3.05, 3.63) is 35.8 Å². The third-order valence-corrected chi connectivity index (χ3v) is 4.12. The summed E-state index contributed by atoms with van der Waals surface area (Å²) in [4.78, 5) is 8.57. The normalized spacial score (nSPS) is 17.5. The van der Waals surface area contributed by atoms with E-state index in [2.05, 4.69) is 31.5 Å². The van der Waals surface area contributed by atoms with Crippen LogP contribution in [0.25, 0.3) is 11.5 Å². The monoisotopic (exact) mass is 314 g/mol. The Morgan fingerprint density at radius 1 is 1.26 bits per heavy atom. The number of ether oxygens (including phenoxy) is 1. The molecular formula is C17H24N5O+. The van der Waals surface area contributed by atoms with Gasteiger partial charge in [0.2, 0.25) is 0 Å². The van der Waals surface area contributed by atoms with Gasteiger partial charge in [0.25, 0.3) is 0 Å². The van der Waals surface area contributed by atoms with Crippen molar-refractivity contribution in [3.8, 4) is 11.5 Å². The van der Waals surface area contributed by atoms with Gasteiger partial charge in [-0.2, -0.15) is 5.10 Å². The molecule has 3 rings (SSSR count). The first-order chi connectivity index (χ1) is 11.3. The quantitative estimate of drug-likeness (QED) is 0.769. The Morgan fingerprint density at radius 2 is 2.13 bits per heavy atom. The van der Waals surface area contributed by atoms with E-state index in [1.54, 1.807) is 18.5 Å². The van der Waals surface area contributed by atoms with Crippen LogP contribution in [0, 0.1) is 6.92 Å². The summed E-state index contributed by atoms with van der Waals surface area (Å²) in [6.07, 6.45) is 7.93. The van der Waals surface area contributed by atoms with Crippen LogP contribution in [-0.4, -0.2) is 46.0 Å². The van der Waals surface area contributed by atoms with Gasteiger partial charge in [-0.05, 0) is 37.5 Å². The fourth-order valence-corrected chi connectivity index (χ4v) is 2.94. The first kappa shape index (κ1) is 16.0. The summed E-state index contributed by atoms with van der Waals surface area (Å²) in [5, 5.41) is 10.8. The van der Waals surface area contributed by atoms with Gasteiger partial charge < -0.3 is 10.1 Å². The maximum absolute atomic E-state index is 5.82. The van der Waals surface area contributed by atoms with E-state index in [-0.39, 0.29) is 0 Å². The van der Waals surface area contributed by atoms with Gasteiger partial charge in [0.15, 0.2) is 5.82 Å². The molecule has 1 aliphatic rings. The predicted octanol–water partition coefficient (Wildman–Crippen LogP) is 0.917. The molecule has 0 aromatic carbocycles. The zero-order valence-electron chi connectivity index (χ0n) is 13.6. The minimum Gasteiger partial charge on any atom is -0.375 e. The van der Waals surface area contributed by atoms with Crippen molar-refractivity contribution in [1.82, 2.24) is 20.2 Å². The molecule has 3 heterocycles. The maximum Gasteiger partial charge on any atom is 0.180 e. The Hall–Kier alpha value is -1.92. The molecule has 2 aromatic rings. The second-order valence-electron chi connectivity index (χ2n) is 6.04. The smallest absolute Gasteiger partial charge is 0.180 e. The molecule has 0 bridgehead atoms. The van der Waals surface area contributed by atoms with Gasteiger partial charge in [0.1, 0.15) is 11.7 Å². The van der Waals surface area contributed by atoms with Crippen molar-refractivity contribution in [2.45, 2.75) is 38.6 Å². The van der Waals surface area contributed by atoms with Crippen LogP contribution in [0.15, 0.2) is 24.5 Å². The minimum atomic E-state index is 0.636. The topological polar surface area (TPSA) is 77.4 Å². The van der Waals surface area contributed by atoms with Gasteiger partial charge in [-0.3, -0.25) is 0 Å². The summed E-state index contributed by atoms with van der Waals surface area (Å²) in [6, 6.07) is 4.54. The van der Waals surface area contributed by atoms with Crippen LogP contribution < -0.4 is 5.32 Å². The van der Waals surface area contributed by atoms with E-state index in [9.17, 15) is 0 Å². The minimum absolute atomic E-state index is 0.636.